The van der Waals surface area contributed by atoms with E-state index in [0.29, 0.717) is 12.3 Å². The van der Waals surface area contributed by atoms with Gasteiger partial charge in [-0.3, -0.25) is 9.69 Å². The summed E-state index contributed by atoms with van der Waals surface area (Å²) in [6.45, 7) is 2.35. The summed E-state index contributed by atoms with van der Waals surface area (Å²) in [7, 11) is 0. The van der Waals surface area contributed by atoms with Crippen LogP contribution >= 0.6 is 0 Å². The Kier molecular flexibility index (Phi) is 6.50. The summed E-state index contributed by atoms with van der Waals surface area (Å²) in [5.41, 5.74) is 6.45. The predicted octanol–water partition coefficient (Wildman–Crippen LogP) is 6.17. The smallest absolute Gasteiger partial charge is 0.303 e. The average Bonchev–Trinajstić information content (AvgIpc) is 3.59. The third kappa shape index (κ3) is 5.07. The van der Waals surface area contributed by atoms with Crippen molar-refractivity contribution in [1.29, 1.82) is 0 Å². The monoisotopic (exact) mass is 453 g/mol. The molecule has 34 heavy (non-hydrogen) atoms. The van der Waals surface area contributed by atoms with E-state index in [9.17, 15) is 15.0 Å². The summed E-state index contributed by atoms with van der Waals surface area (Å²) in [6.07, 6.45) is 4.40. The molecule has 2 fully saturated rings. The Bertz CT molecular complexity index is 1160. The highest BCUT2D eigenvalue weighted by molar-refractivity contribution is 5.99. The molecule has 3 aromatic carbocycles. The lowest BCUT2D eigenvalue weighted by molar-refractivity contribution is -0.136. The molecule has 4 nitrogen and oxygen atoms in total. The summed E-state index contributed by atoms with van der Waals surface area (Å²) in [5, 5.41) is 19.3. The summed E-state index contributed by atoms with van der Waals surface area (Å²) in [4.78, 5) is 14.1. The van der Waals surface area contributed by atoms with Gasteiger partial charge in [-0.05, 0) is 83.7 Å². The molecule has 1 heterocycles. The van der Waals surface area contributed by atoms with Crippen LogP contribution in [0.2, 0.25) is 0 Å². The second-order valence-corrected chi connectivity index (χ2v) is 9.49. The summed E-state index contributed by atoms with van der Waals surface area (Å²) < 4.78 is 0. The summed E-state index contributed by atoms with van der Waals surface area (Å²) >= 11 is 0. The van der Waals surface area contributed by atoms with Crippen molar-refractivity contribution >= 4 is 17.1 Å². The van der Waals surface area contributed by atoms with E-state index in [1.165, 1.54) is 31.4 Å². The van der Waals surface area contributed by atoms with E-state index < -0.39 is 5.97 Å². The lowest BCUT2D eigenvalue weighted by Gasteiger charge is -2.19. The average molecular weight is 454 g/mol. The zero-order chi connectivity index (χ0) is 23.5. The van der Waals surface area contributed by atoms with Crippen molar-refractivity contribution in [1.82, 2.24) is 4.90 Å². The number of aromatic hydroxyl groups is 1. The highest BCUT2D eigenvalue weighted by atomic mass is 16.4. The normalized spacial score (nSPS) is 19.1. The fourth-order valence-electron chi connectivity index (χ4n) is 5.18. The minimum Gasteiger partial charge on any atom is -0.508 e. The van der Waals surface area contributed by atoms with Crippen LogP contribution < -0.4 is 0 Å². The van der Waals surface area contributed by atoms with Gasteiger partial charge < -0.3 is 10.2 Å². The molecule has 0 radical (unpaired) electrons. The number of hydrogen-bond donors (Lipinski definition) is 2. The van der Waals surface area contributed by atoms with E-state index in [2.05, 4.69) is 29.2 Å². The number of nitrogens with zero attached hydrogens (tertiary/aromatic N) is 1. The molecule has 0 amide bonds. The topological polar surface area (TPSA) is 60.8 Å². The molecule has 5 rings (SSSR count). The Labute approximate surface area is 201 Å². The van der Waals surface area contributed by atoms with Gasteiger partial charge in [0.05, 0.1) is 0 Å². The number of phenolic OH excluding ortho intramolecular Hbond substituents is 1. The van der Waals surface area contributed by atoms with Gasteiger partial charge in [-0.1, -0.05) is 66.7 Å². The highest BCUT2D eigenvalue weighted by Crippen LogP contribution is 2.38. The molecule has 2 N–H and O–H groups in total. The van der Waals surface area contributed by atoms with Crippen molar-refractivity contribution in [3.05, 3.63) is 101 Å². The van der Waals surface area contributed by atoms with Crippen molar-refractivity contribution in [2.45, 2.75) is 44.1 Å². The number of aliphatic carboxylic acids is 1. The Hall–Kier alpha value is -3.37. The van der Waals surface area contributed by atoms with Gasteiger partial charge in [-0.25, -0.2) is 0 Å². The van der Waals surface area contributed by atoms with Crippen LogP contribution in [-0.4, -0.2) is 40.2 Å². The van der Waals surface area contributed by atoms with Crippen LogP contribution in [0.4, 0.5) is 0 Å². The molecule has 174 valence electrons. The molecular formula is C30H31NO3. The number of allylic oxidation sites excluding steroid dienone is 1. The maximum atomic E-state index is 11.5. The second kappa shape index (κ2) is 9.86. The van der Waals surface area contributed by atoms with Crippen LogP contribution in [-0.2, 0) is 4.79 Å². The molecular weight excluding hydrogens is 422 g/mol. The second-order valence-electron chi connectivity index (χ2n) is 9.49. The molecule has 1 aliphatic carbocycles. The van der Waals surface area contributed by atoms with Crippen LogP contribution in [0.3, 0.4) is 0 Å². The van der Waals surface area contributed by atoms with Crippen LogP contribution in [0, 0.1) is 0 Å². The first-order chi connectivity index (χ1) is 16.6. The van der Waals surface area contributed by atoms with E-state index >= 15 is 0 Å². The SMILES string of the molecule is O=C(O)CC/C(=C(\c1ccc(O)cc1)c1ccc([C@@H]2CCN(C3CC3)C2)cc1)c1ccccc1. The Balaban J connectivity index is 1.55. The Morgan fingerprint density at radius 1 is 0.794 bits per heavy atom. The van der Waals surface area contributed by atoms with Gasteiger partial charge in [0.2, 0.25) is 0 Å². The molecule has 1 atom stereocenters. The zero-order valence-corrected chi connectivity index (χ0v) is 19.4. The lowest BCUT2D eigenvalue weighted by Crippen LogP contribution is -2.22. The molecule has 1 aliphatic heterocycles. The molecule has 0 bridgehead atoms. The standard InChI is InChI=1S/C30H31NO3/c32-27-14-10-24(11-15-27)30(28(16-17-29(33)34)22-4-2-1-3-5-22)23-8-6-21(7-9-23)25-18-19-31(20-25)26-12-13-26/h1-11,14-15,25-26,32H,12-13,16-20H2,(H,33,34)/b30-28+/t25-/m1/s1. The van der Waals surface area contributed by atoms with Crippen molar-refractivity contribution in [3.63, 3.8) is 0 Å². The number of rotatable bonds is 8. The molecule has 1 saturated heterocycles. The molecule has 4 heteroatoms. The minimum absolute atomic E-state index is 0.0585. The molecule has 0 unspecified atom stereocenters. The van der Waals surface area contributed by atoms with Crippen LogP contribution in [0.15, 0.2) is 78.9 Å². The molecule has 3 aromatic rings. The molecule has 2 aliphatic rings. The molecule has 1 saturated carbocycles. The van der Waals surface area contributed by atoms with E-state index in [1.54, 1.807) is 12.1 Å². The minimum atomic E-state index is -0.810. The first-order valence-electron chi connectivity index (χ1n) is 12.2. The van der Waals surface area contributed by atoms with E-state index in [0.717, 1.165) is 40.4 Å². The van der Waals surface area contributed by atoms with Gasteiger partial charge >= 0.3 is 5.97 Å². The largest absolute Gasteiger partial charge is 0.508 e. The van der Waals surface area contributed by atoms with Gasteiger partial charge in [-0.2, -0.15) is 0 Å². The van der Waals surface area contributed by atoms with Gasteiger partial charge in [-0.15, -0.1) is 0 Å². The molecule has 0 aromatic heterocycles. The van der Waals surface area contributed by atoms with Gasteiger partial charge in [0.25, 0.3) is 0 Å². The number of benzene rings is 3. The number of hydrogen-bond acceptors (Lipinski definition) is 3. The summed E-state index contributed by atoms with van der Waals surface area (Å²) in [6, 6.07) is 26.9. The lowest BCUT2D eigenvalue weighted by atomic mass is 9.86. The fourth-order valence-corrected chi connectivity index (χ4v) is 5.18. The maximum absolute atomic E-state index is 11.5. The first-order valence-corrected chi connectivity index (χ1v) is 12.2. The maximum Gasteiger partial charge on any atom is 0.303 e. The summed E-state index contributed by atoms with van der Waals surface area (Å²) in [5.74, 6) is -0.0154. The van der Waals surface area contributed by atoms with E-state index in [1.807, 2.05) is 42.5 Å². The Morgan fingerprint density at radius 2 is 1.44 bits per heavy atom. The number of phenols is 1. The third-order valence-corrected chi connectivity index (χ3v) is 7.12. The van der Waals surface area contributed by atoms with Gasteiger partial charge in [0.1, 0.15) is 5.75 Å². The number of carbonyl (C=O) groups is 1. The van der Waals surface area contributed by atoms with Crippen LogP contribution in [0.1, 0.15) is 60.3 Å². The Morgan fingerprint density at radius 3 is 2.06 bits per heavy atom. The predicted molar refractivity (Wildman–Crippen MR) is 136 cm³/mol. The number of carboxylic acid groups (broad SMARTS) is 1. The van der Waals surface area contributed by atoms with Crippen molar-refractivity contribution in [3.8, 4) is 5.75 Å². The number of likely N-dealkylation sites (tertiary alicyclic amines) is 1. The van der Waals surface area contributed by atoms with Crippen molar-refractivity contribution in [2.24, 2.45) is 0 Å². The van der Waals surface area contributed by atoms with E-state index in [4.69, 9.17) is 0 Å². The number of carboxylic acids is 1. The molecule has 0 spiro atoms. The fraction of sp³-hybridized carbons (Fsp3) is 0.300. The van der Waals surface area contributed by atoms with Crippen LogP contribution in [0.25, 0.3) is 11.1 Å². The van der Waals surface area contributed by atoms with Crippen LogP contribution in [0.5, 0.6) is 5.75 Å². The third-order valence-electron chi connectivity index (χ3n) is 7.12. The highest BCUT2D eigenvalue weighted by Gasteiger charge is 2.34. The van der Waals surface area contributed by atoms with E-state index in [-0.39, 0.29) is 12.2 Å². The van der Waals surface area contributed by atoms with Gasteiger partial charge in [0.15, 0.2) is 0 Å². The first kappa shape index (κ1) is 22.4. The quantitative estimate of drug-likeness (QED) is 0.401. The van der Waals surface area contributed by atoms with Crippen molar-refractivity contribution < 1.29 is 15.0 Å². The van der Waals surface area contributed by atoms with Gasteiger partial charge in [0, 0.05) is 19.0 Å². The van der Waals surface area contributed by atoms with Crippen molar-refractivity contribution in [2.75, 3.05) is 13.1 Å². The zero-order valence-electron chi connectivity index (χ0n) is 19.4.